The molecule has 0 amide bonds. The maximum atomic E-state index is 11.8. The molecule has 0 spiro atoms. The van der Waals surface area contributed by atoms with Crippen LogP contribution < -0.4 is 0 Å². The topological polar surface area (TPSA) is 46.5 Å². The van der Waals surface area contributed by atoms with Gasteiger partial charge in [-0.2, -0.15) is 0 Å². The van der Waals surface area contributed by atoms with Crippen LogP contribution in [-0.2, 0) is 11.3 Å². The van der Waals surface area contributed by atoms with Gasteiger partial charge in [-0.1, -0.05) is 0 Å². The van der Waals surface area contributed by atoms with Gasteiger partial charge in [-0.25, -0.2) is 4.79 Å². The molecule has 0 aliphatic heterocycles. The van der Waals surface area contributed by atoms with Gasteiger partial charge in [0.25, 0.3) is 0 Å². The van der Waals surface area contributed by atoms with Crippen LogP contribution in [0.5, 0.6) is 0 Å². The van der Waals surface area contributed by atoms with E-state index in [0.29, 0.717) is 4.88 Å². The number of aliphatic hydroxyl groups excluding tert-OH is 1. The lowest BCUT2D eigenvalue weighted by Gasteiger charge is -2.18. The van der Waals surface area contributed by atoms with Gasteiger partial charge < -0.3 is 9.84 Å². The van der Waals surface area contributed by atoms with Crippen LogP contribution >= 0.6 is 22.7 Å². The van der Waals surface area contributed by atoms with E-state index in [-0.39, 0.29) is 12.6 Å². The summed E-state index contributed by atoms with van der Waals surface area (Å²) in [6.07, 6.45) is 0. The van der Waals surface area contributed by atoms with Gasteiger partial charge in [-0.3, -0.25) is 0 Å². The number of carbonyl (C=O) groups is 1. The molecule has 2 heterocycles. The minimum Gasteiger partial charge on any atom is -0.456 e. The Bertz CT molecular complexity index is 514. The molecule has 0 radical (unpaired) electrons. The molecule has 5 heteroatoms. The van der Waals surface area contributed by atoms with E-state index in [2.05, 4.69) is 0 Å². The van der Waals surface area contributed by atoms with Crippen molar-refractivity contribution in [3.63, 3.8) is 0 Å². The smallest absolute Gasteiger partial charge is 0.348 e. The molecule has 0 aliphatic rings. The molecule has 0 unspecified atom stereocenters. The first kappa shape index (κ1) is 12.5. The molecule has 2 rings (SSSR count). The summed E-state index contributed by atoms with van der Waals surface area (Å²) in [5, 5.41) is 10.0. The molecule has 0 saturated carbocycles. The summed E-state index contributed by atoms with van der Waals surface area (Å²) in [5.41, 5.74) is -0.468. The summed E-state index contributed by atoms with van der Waals surface area (Å²) >= 11 is 2.93. The van der Waals surface area contributed by atoms with Crippen molar-refractivity contribution in [2.45, 2.75) is 33.0 Å². The largest absolute Gasteiger partial charge is 0.456 e. The molecule has 0 aromatic carbocycles. The molecular weight excluding hydrogens is 256 g/mol. The molecule has 0 fully saturated rings. The van der Waals surface area contributed by atoms with Crippen molar-refractivity contribution in [1.82, 2.24) is 0 Å². The van der Waals surface area contributed by atoms with E-state index in [0.717, 1.165) is 14.3 Å². The third kappa shape index (κ3) is 2.86. The number of hydrogen-bond acceptors (Lipinski definition) is 5. The number of esters is 1. The van der Waals surface area contributed by atoms with Crippen LogP contribution in [0.15, 0.2) is 12.1 Å². The van der Waals surface area contributed by atoms with Gasteiger partial charge in [-0.05, 0) is 32.9 Å². The summed E-state index contributed by atoms with van der Waals surface area (Å²) in [6.45, 7) is 5.61. The highest BCUT2D eigenvalue weighted by atomic mass is 32.2. The number of aliphatic hydroxyl groups is 1. The van der Waals surface area contributed by atoms with Crippen LogP contribution in [0.25, 0.3) is 9.40 Å². The normalized spacial score (nSPS) is 12.0. The minimum atomic E-state index is -0.468. The molecule has 1 N–H and O–H groups in total. The summed E-state index contributed by atoms with van der Waals surface area (Å²) in [5.74, 6) is -0.281. The summed E-state index contributed by atoms with van der Waals surface area (Å²) in [7, 11) is 0. The number of ether oxygens (including phenoxy) is 1. The Morgan fingerprint density at radius 3 is 2.59 bits per heavy atom. The van der Waals surface area contributed by atoms with Crippen LogP contribution in [0.2, 0.25) is 0 Å². The van der Waals surface area contributed by atoms with Gasteiger partial charge in [0.2, 0.25) is 0 Å². The average Bonchev–Trinajstić information content (AvgIpc) is 2.70. The van der Waals surface area contributed by atoms with Crippen molar-refractivity contribution in [3.8, 4) is 0 Å². The Morgan fingerprint density at radius 1 is 1.35 bits per heavy atom. The maximum Gasteiger partial charge on any atom is 0.348 e. The molecule has 92 valence electrons. The molecule has 2 aromatic rings. The second-order valence-electron chi connectivity index (χ2n) is 4.73. The first-order valence-corrected chi connectivity index (χ1v) is 6.89. The molecule has 0 atom stereocenters. The zero-order chi connectivity index (χ0) is 12.6. The number of rotatable bonds is 2. The Balaban J connectivity index is 2.25. The zero-order valence-corrected chi connectivity index (χ0v) is 11.6. The molecule has 17 heavy (non-hydrogen) atoms. The fourth-order valence-electron chi connectivity index (χ4n) is 1.40. The van der Waals surface area contributed by atoms with Gasteiger partial charge in [0.1, 0.15) is 10.5 Å². The predicted octanol–water partition coefficient (Wildman–Crippen LogP) is 3.41. The van der Waals surface area contributed by atoms with Gasteiger partial charge in [0.15, 0.2) is 0 Å². The highest BCUT2D eigenvalue weighted by molar-refractivity contribution is 7.39. The van der Waals surface area contributed by atoms with Crippen LogP contribution in [0.1, 0.15) is 35.3 Å². The number of carbonyl (C=O) groups excluding carboxylic acids is 1. The van der Waals surface area contributed by atoms with Crippen LogP contribution in [0.3, 0.4) is 0 Å². The third-order valence-corrected chi connectivity index (χ3v) is 4.38. The fraction of sp³-hybridized carbons (Fsp3) is 0.417. The van der Waals surface area contributed by atoms with Gasteiger partial charge in [0, 0.05) is 10.3 Å². The lowest BCUT2D eigenvalue weighted by atomic mass is 10.2. The second-order valence-corrected chi connectivity index (χ2v) is 7.17. The molecule has 0 bridgehead atoms. The van der Waals surface area contributed by atoms with Gasteiger partial charge in [0.05, 0.1) is 10.6 Å². The van der Waals surface area contributed by atoms with Crippen molar-refractivity contribution in [2.75, 3.05) is 0 Å². The lowest BCUT2D eigenvalue weighted by Crippen LogP contribution is -2.23. The van der Waals surface area contributed by atoms with E-state index in [4.69, 9.17) is 9.84 Å². The van der Waals surface area contributed by atoms with Crippen molar-refractivity contribution < 1.29 is 14.6 Å². The van der Waals surface area contributed by atoms with Gasteiger partial charge in [-0.15, -0.1) is 22.7 Å². The summed E-state index contributed by atoms with van der Waals surface area (Å²) in [6, 6.07) is 3.73. The summed E-state index contributed by atoms with van der Waals surface area (Å²) < 4.78 is 6.36. The third-order valence-electron chi connectivity index (χ3n) is 2.02. The van der Waals surface area contributed by atoms with Crippen LogP contribution in [-0.4, -0.2) is 16.7 Å². The first-order chi connectivity index (χ1) is 7.89. The molecular formula is C12H14O3S2. The Kier molecular flexibility index (Phi) is 3.25. The Morgan fingerprint density at radius 2 is 2.06 bits per heavy atom. The fourth-order valence-corrected chi connectivity index (χ4v) is 3.63. The van der Waals surface area contributed by atoms with E-state index in [1.807, 2.05) is 32.9 Å². The highest BCUT2D eigenvalue weighted by Crippen LogP contribution is 2.34. The van der Waals surface area contributed by atoms with E-state index < -0.39 is 5.60 Å². The van der Waals surface area contributed by atoms with E-state index in [1.54, 1.807) is 0 Å². The standard InChI is InChI=1S/C12H14O3S2/c1-12(2,3)15-10(14)9-5-7-4-8(6-13)16-11(7)17-9/h4-5,13H,6H2,1-3H3. The zero-order valence-electron chi connectivity index (χ0n) is 9.94. The van der Waals surface area contributed by atoms with Crippen molar-refractivity contribution in [1.29, 1.82) is 0 Å². The SMILES string of the molecule is CC(C)(C)OC(=O)c1cc2cc(CO)sc2s1. The Hall–Kier alpha value is -0.910. The monoisotopic (exact) mass is 270 g/mol. The van der Waals surface area contributed by atoms with E-state index in [9.17, 15) is 4.79 Å². The summed E-state index contributed by atoms with van der Waals surface area (Å²) in [4.78, 5) is 13.4. The van der Waals surface area contributed by atoms with Crippen molar-refractivity contribution in [3.05, 3.63) is 21.9 Å². The molecule has 2 aromatic heterocycles. The predicted molar refractivity (Wildman–Crippen MR) is 70.8 cm³/mol. The Labute approximate surface area is 108 Å². The number of fused-ring (bicyclic) bond motifs is 1. The second kappa shape index (κ2) is 4.40. The molecule has 3 nitrogen and oxygen atoms in total. The first-order valence-electron chi connectivity index (χ1n) is 5.25. The lowest BCUT2D eigenvalue weighted by molar-refractivity contribution is 0.00753. The number of thiophene rings is 2. The van der Waals surface area contributed by atoms with Crippen molar-refractivity contribution >= 4 is 38.0 Å². The quantitative estimate of drug-likeness (QED) is 0.851. The molecule has 0 aliphatic carbocycles. The highest BCUT2D eigenvalue weighted by Gasteiger charge is 2.20. The van der Waals surface area contributed by atoms with E-state index in [1.165, 1.54) is 22.7 Å². The van der Waals surface area contributed by atoms with Gasteiger partial charge >= 0.3 is 5.97 Å². The maximum absolute atomic E-state index is 11.8. The number of hydrogen-bond donors (Lipinski definition) is 1. The average molecular weight is 270 g/mol. The van der Waals surface area contributed by atoms with Crippen molar-refractivity contribution in [2.24, 2.45) is 0 Å². The molecule has 0 saturated heterocycles. The van der Waals surface area contributed by atoms with Crippen LogP contribution in [0.4, 0.5) is 0 Å². The minimum absolute atomic E-state index is 0.0494. The van der Waals surface area contributed by atoms with E-state index >= 15 is 0 Å². The van der Waals surface area contributed by atoms with Crippen LogP contribution in [0, 0.1) is 0 Å².